The van der Waals surface area contributed by atoms with Crippen molar-refractivity contribution in [2.75, 3.05) is 30.3 Å². The molecule has 1 amide bonds. The van der Waals surface area contributed by atoms with Crippen LogP contribution >= 0.6 is 11.6 Å². The van der Waals surface area contributed by atoms with E-state index in [1.165, 1.54) is 11.6 Å². The molecule has 0 heterocycles. The number of rotatable bonds is 8. The zero-order valence-corrected chi connectivity index (χ0v) is 19.6. The molecule has 30 heavy (non-hydrogen) atoms. The van der Waals surface area contributed by atoms with Gasteiger partial charge in [-0.25, -0.2) is 8.42 Å². The average molecular weight is 453 g/mol. The van der Waals surface area contributed by atoms with Gasteiger partial charge in [-0.1, -0.05) is 50.6 Å². The molecule has 164 valence electrons. The fourth-order valence-corrected chi connectivity index (χ4v) is 3.76. The third kappa shape index (κ3) is 6.92. The van der Waals surface area contributed by atoms with Crippen LogP contribution < -0.4 is 14.4 Å². The lowest BCUT2D eigenvalue weighted by Crippen LogP contribution is -2.41. The first kappa shape index (κ1) is 24.0. The Morgan fingerprint density at radius 2 is 1.77 bits per heavy atom. The van der Waals surface area contributed by atoms with Gasteiger partial charge in [0.2, 0.25) is 15.9 Å². The van der Waals surface area contributed by atoms with Crippen LogP contribution in [0.3, 0.4) is 0 Å². The topological polar surface area (TPSA) is 75.7 Å². The maximum atomic E-state index is 12.3. The molecule has 0 aliphatic rings. The molecular weight excluding hydrogens is 424 g/mol. The highest BCUT2D eigenvalue weighted by Crippen LogP contribution is 2.25. The van der Waals surface area contributed by atoms with Crippen molar-refractivity contribution in [2.45, 2.75) is 33.1 Å². The summed E-state index contributed by atoms with van der Waals surface area (Å²) in [4.78, 5) is 12.3. The second kappa shape index (κ2) is 9.71. The van der Waals surface area contributed by atoms with Gasteiger partial charge in [0.25, 0.3) is 0 Å². The number of halogens is 1. The monoisotopic (exact) mass is 452 g/mol. The highest BCUT2D eigenvalue weighted by molar-refractivity contribution is 7.92. The summed E-state index contributed by atoms with van der Waals surface area (Å²) < 4.78 is 31.0. The normalized spacial score (nSPS) is 11.8. The fraction of sp³-hybridized carbons (Fsp3) is 0.409. The molecular formula is C22H29ClN2O4S. The summed E-state index contributed by atoms with van der Waals surface area (Å²) in [6.07, 6.45) is 1.05. The summed E-state index contributed by atoms with van der Waals surface area (Å²) in [6, 6.07) is 12.7. The van der Waals surface area contributed by atoms with Gasteiger partial charge in [0.15, 0.2) is 0 Å². The molecule has 6 nitrogen and oxygen atoms in total. The van der Waals surface area contributed by atoms with Crippen LogP contribution in [0.2, 0.25) is 5.02 Å². The molecule has 0 aliphatic heterocycles. The molecule has 0 radical (unpaired) electrons. The number of aryl methyl sites for hydroxylation is 1. The zero-order chi connectivity index (χ0) is 22.5. The van der Waals surface area contributed by atoms with Crippen LogP contribution in [0.25, 0.3) is 0 Å². The van der Waals surface area contributed by atoms with Crippen LogP contribution in [0.5, 0.6) is 5.75 Å². The Morgan fingerprint density at radius 3 is 2.30 bits per heavy atom. The molecule has 8 heteroatoms. The lowest BCUT2D eigenvalue weighted by Gasteiger charge is -2.22. The number of amides is 1. The third-order valence-electron chi connectivity index (χ3n) is 4.54. The lowest BCUT2D eigenvalue weighted by atomic mass is 9.87. The Bertz CT molecular complexity index is 983. The second-order valence-corrected chi connectivity index (χ2v) is 10.5. The molecule has 0 saturated heterocycles. The van der Waals surface area contributed by atoms with Gasteiger partial charge in [-0.3, -0.25) is 9.10 Å². The first-order chi connectivity index (χ1) is 13.9. The molecule has 0 saturated carbocycles. The molecule has 0 spiro atoms. The van der Waals surface area contributed by atoms with E-state index < -0.39 is 15.9 Å². The van der Waals surface area contributed by atoms with Gasteiger partial charge in [0, 0.05) is 5.02 Å². The standard InChI is InChI=1S/C22H29ClN2O4S/c1-16-6-9-18(14-20(16)23)25(30(5,27)28)15-21(26)24-12-13-29-19-10-7-17(8-11-19)22(2,3)4/h6-11,14H,12-13,15H2,1-5H3,(H,24,26). The van der Waals surface area contributed by atoms with Crippen LogP contribution in [0.1, 0.15) is 31.9 Å². The van der Waals surface area contributed by atoms with E-state index >= 15 is 0 Å². The summed E-state index contributed by atoms with van der Waals surface area (Å²) in [5.41, 5.74) is 2.45. The number of nitrogens with one attached hydrogen (secondary N) is 1. The zero-order valence-electron chi connectivity index (χ0n) is 18.0. The van der Waals surface area contributed by atoms with E-state index in [9.17, 15) is 13.2 Å². The van der Waals surface area contributed by atoms with Gasteiger partial charge < -0.3 is 10.1 Å². The van der Waals surface area contributed by atoms with Gasteiger partial charge in [-0.2, -0.15) is 0 Å². The molecule has 0 aromatic heterocycles. The largest absolute Gasteiger partial charge is 0.492 e. The van der Waals surface area contributed by atoms with E-state index in [0.717, 1.165) is 16.1 Å². The number of carbonyl (C=O) groups is 1. The van der Waals surface area contributed by atoms with Crippen molar-refractivity contribution in [1.29, 1.82) is 0 Å². The van der Waals surface area contributed by atoms with E-state index in [4.69, 9.17) is 16.3 Å². The molecule has 0 fully saturated rings. The molecule has 2 rings (SSSR count). The smallest absolute Gasteiger partial charge is 0.240 e. The number of anilines is 1. The minimum absolute atomic E-state index is 0.0691. The van der Waals surface area contributed by atoms with E-state index in [1.54, 1.807) is 12.1 Å². The Morgan fingerprint density at radius 1 is 1.13 bits per heavy atom. The number of benzene rings is 2. The minimum atomic E-state index is -3.65. The van der Waals surface area contributed by atoms with Gasteiger partial charge in [-0.05, 0) is 47.7 Å². The van der Waals surface area contributed by atoms with Gasteiger partial charge in [0.1, 0.15) is 18.9 Å². The van der Waals surface area contributed by atoms with Crippen molar-refractivity contribution in [2.24, 2.45) is 0 Å². The molecule has 2 aromatic rings. The molecule has 0 unspecified atom stereocenters. The third-order valence-corrected chi connectivity index (χ3v) is 6.09. The maximum absolute atomic E-state index is 12.3. The van der Waals surface area contributed by atoms with Crippen LogP contribution in [-0.4, -0.2) is 40.3 Å². The fourth-order valence-electron chi connectivity index (χ4n) is 2.73. The first-order valence-corrected chi connectivity index (χ1v) is 11.8. The van der Waals surface area contributed by atoms with Crippen molar-refractivity contribution in [1.82, 2.24) is 5.32 Å². The van der Waals surface area contributed by atoms with Gasteiger partial charge >= 0.3 is 0 Å². The van der Waals surface area contributed by atoms with Crippen LogP contribution in [0, 0.1) is 6.92 Å². The summed E-state index contributed by atoms with van der Waals surface area (Å²) in [6.45, 7) is 8.44. The minimum Gasteiger partial charge on any atom is -0.492 e. The number of hydrogen-bond acceptors (Lipinski definition) is 4. The van der Waals surface area contributed by atoms with Gasteiger partial charge in [-0.15, -0.1) is 0 Å². The van der Waals surface area contributed by atoms with Crippen molar-refractivity contribution < 1.29 is 17.9 Å². The SMILES string of the molecule is Cc1ccc(N(CC(=O)NCCOc2ccc(C(C)(C)C)cc2)S(C)(=O)=O)cc1Cl. The summed E-state index contributed by atoms with van der Waals surface area (Å²) in [5, 5.41) is 3.12. The number of sulfonamides is 1. The van der Waals surface area contributed by atoms with Crippen LogP contribution in [0.4, 0.5) is 5.69 Å². The Kier molecular flexibility index (Phi) is 7.77. The van der Waals surface area contributed by atoms with E-state index in [-0.39, 0.29) is 25.1 Å². The van der Waals surface area contributed by atoms with E-state index in [2.05, 4.69) is 26.1 Å². The van der Waals surface area contributed by atoms with Crippen molar-refractivity contribution in [3.63, 3.8) is 0 Å². The van der Waals surface area contributed by atoms with Crippen LogP contribution in [-0.2, 0) is 20.2 Å². The highest BCUT2D eigenvalue weighted by atomic mass is 35.5. The molecule has 0 bridgehead atoms. The summed E-state index contributed by atoms with van der Waals surface area (Å²) in [5.74, 6) is 0.285. The summed E-state index contributed by atoms with van der Waals surface area (Å²) in [7, 11) is -3.65. The van der Waals surface area contributed by atoms with Gasteiger partial charge in [0.05, 0.1) is 18.5 Å². The number of nitrogens with zero attached hydrogens (tertiary/aromatic N) is 1. The average Bonchev–Trinajstić information content (AvgIpc) is 2.64. The molecule has 2 aromatic carbocycles. The lowest BCUT2D eigenvalue weighted by molar-refractivity contribution is -0.119. The number of ether oxygens (including phenoxy) is 1. The Labute approximate surface area is 184 Å². The highest BCUT2D eigenvalue weighted by Gasteiger charge is 2.21. The predicted molar refractivity (Wildman–Crippen MR) is 122 cm³/mol. The molecule has 0 atom stereocenters. The van der Waals surface area contributed by atoms with E-state index in [0.29, 0.717) is 16.5 Å². The van der Waals surface area contributed by atoms with E-state index in [1.807, 2.05) is 31.2 Å². The summed E-state index contributed by atoms with van der Waals surface area (Å²) >= 11 is 6.10. The van der Waals surface area contributed by atoms with Crippen molar-refractivity contribution >= 4 is 33.2 Å². The molecule has 0 aliphatic carbocycles. The van der Waals surface area contributed by atoms with Crippen molar-refractivity contribution in [3.8, 4) is 5.75 Å². The molecule has 1 N–H and O–H groups in total. The van der Waals surface area contributed by atoms with Crippen molar-refractivity contribution in [3.05, 3.63) is 58.6 Å². The predicted octanol–water partition coefficient (Wildman–Crippen LogP) is 3.91. The Balaban J connectivity index is 1.89. The first-order valence-electron chi connectivity index (χ1n) is 9.62. The van der Waals surface area contributed by atoms with Crippen LogP contribution in [0.15, 0.2) is 42.5 Å². The Hall–Kier alpha value is -2.25. The maximum Gasteiger partial charge on any atom is 0.240 e. The number of carbonyl (C=O) groups excluding carboxylic acids is 1. The number of hydrogen-bond donors (Lipinski definition) is 1. The quantitative estimate of drug-likeness (QED) is 0.616. The second-order valence-electron chi connectivity index (χ2n) is 8.18.